The summed E-state index contributed by atoms with van der Waals surface area (Å²) in [5, 5.41) is 0.277. The van der Waals surface area contributed by atoms with Crippen LogP contribution in [0.3, 0.4) is 0 Å². The largest absolute Gasteiger partial charge is 0.373 e. The van der Waals surface area contributed by atoms with Crippen molar-refractivity contribution in [2.24, 2.45) is 7.05 Å². The number of benzene rings is 1. The molecule has 3 aromatic rings. The quantitative estimate of drug-likeness (QED) is 0.608. The molecule has 0 aliphatic carbocycles. The van der Waals surface area contributed by atoms with E-state index in [1.165, 1.54) is 10.6 Å². The maximum absolute atomic E-state index is 14.8. The van der Waals surface area contributed by atoms with Crippen molar-refractivity contribution in [3.8, 4) is 11.3 Å². The molecule has 1 unspecified atom stereocenters. The Hall–Kier alpha value is -2.62. The van der Waals surface area contributed by atoms with Gasteiger partial charge in [-0.25, -0.2) is 19.3 Å². The van der Waals surface area contributed by atoms with Gasteiger partial charge in [-0.05, 0) is 39.2 Å². The zero-order valence-corrected chi connectivity index (χ0v) is 18.6. The summed E-state index contributed by atoms with van der Waals surface area (Å²) in [6.07, 6.45) is -0.0299. The number of fused-ring (bicyclic) bond motifs is 1. The van der Waals surface area contributed by atoms with E-state index in [0.29, 0.717) is 31.5 Å². The number of anilines is 1. The maximum Gasteiger partial charge on any atom is 0.279 e. The molecule has 1 aromatic carbocycles. The molecule has 1 aliphatic heterocycles. The molecule has 31 heavy (non-hydrogen) atoms. The van der Waals surface area contributed by atoms with Gasteiger partial charge in [0.2, 0.25) is 5.95 Å². The van der Waals surface area contributed by atoms with Crippen molar-refractivity contribution in [1.29, 1.82) is 0 Å². The number of morpholine rings is 1. The Morgan fingerprint density at radius 3 is 2.74 bits per heavy atom. The molecule has 8 nitrogen and oxygen atoms in total. The summed E-state index contributed by atoms with van der Waals surface area (Å²) >= 11 is 5.94. The second-order valence-corrected chi connectivity index (χ2v) is 8.35. The van der Waals surface area contributed by atoms with Gasteiger partial charge in [-0.15, -0.1) is 0 Å². The Labute approximate surface area is 184 Å². The number of likely N-dealkylation sites (N-methyl/N-ethyl adjacent to an activating group) is 1. The third-order valence-corrected chi connectivity index (χ3v) is 5.55. The topological polar surface area (TPSA) is 76.4 Å². The molecule has 0 saturated carbocycles. The number of rotatable bonds is 4. The van der Waals surface area contributed by atoms with E-state index in [4.69, 9.17) is 16.3 Å². The Kier molecular flexibility index (Phi) is 5.92. The first kappa shape index (κ1) is 21.6. The highest BCUT2D eigenvalue weighted by Crippen LogP contribution is 2.30. The van der Waals surface area contributed by atoms with Crippen LogP contribution < -0.4 is 10.5 Å². The standard InChI is InChI=1S/C21H24ClFN6O2/c1-12-24-18-17(15-6-5-13(22)9-16(15)23)25-21(26-19(18)20(30)28(12)4)29-7-8-31-14(11-29)10-27(2)3/h5-6,9,14H,7-8,10-11H2,1-4H3. The Bertz CT molecular complexity index is 1200. The van der Waals surface area contributed by atoms with Gasteiger partial charge in [0.25, 0.3) is 5.56 Å². The Morgan fingerprint density at radius 2 is 2.03 bits per heavy atom. The fraction of sp³-hybridized carbons (Fsp3) is 0.429. The first-order chi connectivity index (χ1) is 14.7. The van der Waals surface area contributed by atoms with Crippen molar-refractivity contribution in [1.82, 2.24) is 24.4 Å². The van der Waals surface area contributed by atoms with E-state index in [1.54, 1.807) is 26.1 Å². The van der Waals surface area contributed by atoms with Gasteiger partial charge in [0, 0.05) is 37.3 Å². The van der Waals surface area contributed by atoms with Crippen LogP contribution in [0.1, 0.15) is 5.82 Å². The van der Waals surface area contributed by atoms with E-state index in [9.17, 15) is 9.18 Å². The van der Waals surface area contributed by atoms with E-state index >= 15 is 0 Å². The molecule has 0 bridgehead atoms. The van der Waals surface area contributed by atoms with Crippen molar-refractivity contribution in [3.63, 3.8) is 0 Å². The molecule has 3 heterocycles. The number of aromatic nitrogens is 4. The van der Waals surface area contributed by atoms with Gasteiger partial charge in [0.05, 0.1) is 12.7 Å². The van der Waals surface area contributed by atoms with Crippen LogP contribution in [0.15, 0.2) is 23.0 Å². The van der Waals surface area contributed by atoms with Crippen LogP contribution in [0.25, 0.3) is 22.3 Å². The monoisotopic (exact) mass is 446 g/mol. The summed E-state index contributed by atoms with van der Waals surface area (Å²) < 4.78 is 22.1. The van der Waals surface area contributed by atoms with Gasteiger partial charge in [-0.1, -0.05) is 11.6 Å². The lowest BCUT2D eigenvalue weighted by atomic mass is 10.1. The Balaban J connectivity index is 1.90. The smallest absolute Gasteiger partial charge is 0.279 e. The third-order valence-electron chi connectivity index (χ3n) is 5.32. The maximum atomic E-state index is 14.8. The van der Waals surface area contributed by atoms with Gasteiger partial charge in [-0.2, -0.15) is 0 Å². The molecule has 1 saturated heterocycles. The number of nitrogens with zero attached hydrogens (tertiary/aromatic N) is 6. The lowest BCUT2D eigenvalue weighted by molar-refractivity contribution is 0.0243. The van der Waals surface area contributed by atoms with E-state index in [2.05, 4.69) is 15.0 Å². The van der Waals surface area contributed by atoms with Gasteiger partial charge in [0.15, 0.2) is 5.52 Å². The first-order valence-corrected chi connectivity index (χ1v) is 10.3. The van der Waals surface area contributed by atoms with Crippen LogP contribution >= 0.6 is 11.6 Å². The molecule has 4 rings (SSSR count). The second-order valence-electron chi connectivity index (χ2n) is 7.92. The van der Waals surface area contributed by atoms with Crippen LogP contribution in [-0.2, 0) is 11.8 Å². The number of aryl methyl sites for hydroxylation is 1. The van der Waals surface area contributed by atoms with E-state index in [1.807, 2.05) is 23.9 Å². The molecule has 0 spiro atoms. The summed E-state index contributed by atoms with van der Waals surface area (Å²) in [7, 11) is 5.60. The molecule has 164 valence electrons. The minimum absolute atomic E-state index is 0.0299. The van der Waals surface area contributed by atoms with E-state index in [0.717, 1.165) is 6.54 Å². The molecule has 0 amide bonds. The van der Waals surface area contributed by atoms with Crippen molar-refractivity contribution >= 4 is 28.6 Å². The summed E-state index contributed by atoms with van der Waals surface area (Å²) in [6, 6.07) is 4.36. The van der Waals surface area contributed by atoms with Gasteiger partial charge in [-0.3, -0.25) is 9.36 Å². The second kappa shape index (κ2) is 8.49. The number of hydrogen-bond donors (Lipinski definition) is 0. The molecule has 2 aromatic heterocycles. The molecule has 0 radical (unpaired) electrons. The highest BCUT2D eigenvalue weighted by atomic mass is 35.5. The molecule has 0 N–H and O–H groups in total. The molecule has 10 heteroatoms. The average molecular weight is 447 g/mol. The zero-order valence-electron chi connectivity index (χ0n) is 17.9. The lowest BCUT2D eigenvalue weighted by Gasteiger charge is -2.34. The van der Waals surface area contributed by atoms with E-state index < -0.39 is 5.82 Å². The van der Waals surface area contributed by atoms with E-state index in [-0.39, 0.29) is 39.0 Å². The number of hydrogen-bond acceptors (Lipinski definition) is 7. The fourth-order valence-corrected chi connectivity index (χ4v) is 3.83. The third kappa shape index (κ3) is 4.26. The summed E-state index contributed by atoms with van der Waals surface area (Å²) in [6.45, 7) is 4.09. The first-order valence-electron chi connectivity index (χ1n) is 9.96. The van der Waals surface area contributed by atoms with Crippen LogP contribution in [-0.4, -0.2) is 70.9 Å². The highest BCUT2D eigenvalue weighted by molar-refractivity contribution is 6.30. The number of ether oxygens (including phenoxy) is 1. The molecule has 1 atom stereocenters. The lowest BCUT2D eigenvalue weighted by Crippen LogP contribution is -2.47. The summed E-state index contributed by atoms with van der Waals surface area (Å²) in [5.41, 5.74) is 0.601. The predicted octanol–water partition coefficient (Wildman–Crippen LogP) is 2.26. The SMILES string of the molecule is Cc1nc2c(-c3ccc(Cl)cc3F)nc(N3CCOC(CN(C)C)C3)nc2c(=O)n1C. The highest BCUT2D eigenvalue weighted by Gasteiger charge is 2.26. The van der Waals surface area contributed by atoms with Gasteiger partial charge < -0.3 is 14.5 Å². The van der Waals surface area contributed by atoms with Gasteiger partial charge >= 0.3 is 0 Å². The van der Waals surface area contributed by atoms with Crippen molar-refractivity contribution in [2.75, 3.05) is 45.2 Å². The molecular weight excluding hydrogens is 423 g/mol. The Morgan fingerprint density at radius 1 is 1.26 bits per heavy atom. The molecular formula is C21H24ClFN6O2. The summed E-state index contributed by atoms with van der Waals surface area (Å²) in [5.74, 6) is 0.305. The van der Waals surface area contributed by atoms with Crippen molar-refractivity contribution < 1.29 is 9.13 Å². The summed E-state index contributed by atoms with van der Waals surface area (Å²) in [4.78, 5) is 30.7. The minimum Gasteiger partial charge on any atom is -0.373 e. The average Bonchev–Trinajstić information content (AvgIpc) is 2.72. The predicted molar refractivity (Wildman–Crippen MR) is 118 cm³/mol. The van der Waals surface area contributed by atoms with Crippen molar-refractivity contribution in [2.45, 2.75) is 13.0 Å². The minimum atomic E-state index is -0.536. The molecule has 1 fully saturated rings. The molecule has 1 aliphatic rings. The van der Waals surface area contributed by atoms with Crippen LogP contribution in [0.5, 0.6) is 0 Å². The number of halogens is 2. The van der Waals surface area contributed by atoms with Crippen LogP contribution in [0.2, 0.25) is 5.02 Å². The fourth-order valence-electron chi connectivity index (χ4n) is 3.67. The van der Waals surface area contributed by atoms with Crippen LogP contribution in [0, 0.1) is 12.7 Å². The van der Waals surface area contributed by atoms with Gasteiger partial charge in [0.1, 0.15) is 22.9 Å². The van der Waals surface area contributed by atoms with Crippen molar-refractivity contribution in [3.05, 3.63) is 45.2 Å². The normalized spacial score (nSPS) is 17.0. The zero-order chi connectivity index (χ0) is 22.3. The van der Waals surface area contributed by atoms with Crippen LogP contribution in [0.4, 0.5) is 10.3 Å².